The average Bonchev–Trinajstić information content (AvgIpc) is 2.33. The van der Waals surface area contributed by atoms with Gasteiger partial charge in [0.25, 0.3) is 0 Å². The van der Waals surface area contributed by atoms with Gasteiger partial charge in [-0.3, -0.25) is 4.79 Å². The SMILES string of the molecule is O=C(O)CCCNC(=O)NCC1CCCCC1. The van der Waals surface area contributed by atoms with E-state index in [1.165, 1.54) is 32.1 Å². The van der Waals surface area contributed by atoms with Gasteiger partial charge in [0.2, 0.25) is 0 Å². The Hall–Kier alpha value is -1.26. The van der Waals surface area contributed by atoms with Crippen LogP contribution >= 0.6 is 0 Å². The molecule has 0 radical (unpaired) electrons. The highest BCUT2D eigenvalue weighted by molar-refractivity contribution is 5.73. The third kappa shape index (κ3) is 6.81. The summed E-state index contributed by atoms with van der Waals surface area (Å²) in [5.41, 5.74) is 0. The van der Waals surface area contributed by atoms with Gasteiger partial charge in [0.05, 0.1) is 0 Å². The van der Waals surface area contributed by atoms with Crippen LogP contribution in [0, 0.1) is 5.92 Å². The van der Waals surface area contributed by atoms with Crippen LogP contribution in [0.3, 0.4) is 0 Å². The summed E-state index contributed by atoms with van der Waals surface area (Å²) in [7, 11) is 0. The van der Waals surface area contributed by atoms with Crippen molar-refractivity contribution in [1.29, 1.82) is 0 Å². The van der Waals surface area contributed by atoms with Crippen molar-refractivity contribution in [2.45, 2.75) is 44.9 Å². The minimum Gasteiger partial charge on any atom is -0.481 e. The fraction of sp³-hybridized carbons (Fsp3) is 0.833. The number of carboxylic acid groups (broad SMARTS) is 1. The third-order valence-electron chi connectivity index (χ3n) is 3.13. The summed E-state index contributed by atoms with van der Waals surface area (Å²) in [4.78, 5) is 21.6. The van der Waals surface area contributed by atoms with Gasteiger partial charge in [-0.25, -0.2) is 4.79 Å². The molecule has 2 amide bonds. The predicted octanol–water partition coefficient (Wildman–Crippen LogP) is 1.73. The Kier molecular flexibility index (Phi) is 6.43. The molecule has 0 bridgehead atoms. The van der Waals surface area contributed by atoms with Crippen LogP contribution in [0.4, 0.5) is 4.79 Å². The van der Waals surface area contributed by atoms with E-state index in [0.717, 1.165) is 6.54 Å². The van der Waals surface area contributed by atoms with Crippen LogP contribution in [0.25, 0.3) is 0 Å². The Balaban J connectivity index is 1.98. The maximum absolute atomic E-state index is 11.4. The number of carboxylic acids is 1. The second-order valence-corrected chi connectivity index (χ2v) is 4.64. The quantitative estimate of drug-likeness (QED) is 0.621. The zero-order valence-corrected chi connectivity index (χ0v) is 10.2. The summed E-state index contributed by atoms with van der Waals surface area (Å²) in [5.74, 6) is -0.206. The number of carbonyl (C=O) groups excluding carboxylic acids is 1. The number of hydrogen-bond donors (Lipinski definition) is 3. The molecular formula is C12H22N2O3. The van der Waals surface area contributed by atoms with E-state index in [4.69, 9.17) is 5.11 Å². The summed E-state index contributed by atoms with van der Waals surface area (Å²) in [6, 6.07) is -0.180. The molecule has 0 unspecified atom stereocenters. The second kappa shape index (κ2) is 7.92. The van der Waals surface area contributed by atoms with Crippen molar-refractivity contribution in [3.05, 3.63) is 0 Å². The molecule has 98 valence electrons. The molecule has 0 spiro atoms. The monoisotopic (exact) mass is 242 g/mol. The number of carbonyl (C=O) groups is 2. The Morgan fingerprint density at radius 2 is 1.82 bits per heavy atom. The number of amides is 2. The maximum Gasteiger partial charge on any atom is 0.314 e. The molecule has 0 aromatic carbocycles. The summed E-state index contributed by atoms with van der Waals surface area (Å²) >= 11 is 0. The highest BCUT2D eigenvalue weighted by Crippen LogP contribution is 2.22. The van der Waals surface area contributed by atoms with Crippen molar-refractivity contribution in [2.75, 3.05) is 13.1 Å². The average molecular weight is 242 g/mol. The van der Waals surface area contributed by atoms with Crippen molar-refractivity contribution >= 4 is 12.0 Å². The summed E-state index contributed by atoms with van der Waals surface area (Å²) in [6.45, 7) is 1.16. The lowest BCUT2D eigenvalue weighted by Crippen LogP contribution is -2.39. The minimum absolute atomic E-state index is 0.100. The predicted molar refractivity (Wildman–Crippen MR) is 64.8 cm³/mol. The molecule has 0 atom stereocenters. The first-order valence-electron chi connectivity index (χ1n) is 6.42. The molecule has 1 aliphatic rings. The lowest BCUT2D eigenvalue weighted by Gasteiger charge is -2.21. The zero-order chi connectivity index (χ0) is 12.5. The fourth-order valence-electron chi connectivity index (χ4n) is 2.13. The van der Waals surface area contributed by atoms with E-state index in [-0.39, 0.29) is 12.5 Å². The van der Waals surface area contributed by atoms with Crippen LogP contribution < -0.4 is 10.6 Å². The highest BCUT2D eigenvalue weighted by atomic mass is 16.4. The lowest BCUT2D eigenvalue weighted by atomic mass is 9.89. The van der Waals surface area contributed by atoms with Gasteiger partial charge in [-0.05, 0) is 25.2 Å². The standard InChI is InChI=1S/C12H22N2O3/c15-11(16)7-4-8-13-12(17)14-9-10-5-2-1-3-6-10/h10H,1-9H2,(H,15,16)(H2,13,14,17). The van der Waals surface area contributed by atoms with E-state index in [1.54, 1.807) is 0 Å². The molecule has 1 aliphatic carbocycles. The number of rotatable bonds is 6. The van der Waals surface area contributed by atoms with Crippen molar-refractivity contribution in [3.63, 3.8) is 0 Å². The Bertz CT molecular complexity index is 250. The van der Waals surface area contributed by atoms with E-state index in [1.807, 2.05) is 0 Å². The molecule has 0 aliphatic heterocycles. The smallest absolute Gasteiger partial charge is 0.314 e. The van der Waals surface area contributed by atoms with Crippen LogP contribution in [0.1, 0.15) is 44.9 Å². The number of nitrogens with one attached hydrogen (secondary N) is 2. The molecule has 1 fully saturated rings. The molecule has 17 heavy (non-hydrogen) atoms. The number of aliphatic carboxylic acids is 1. The first-order chi connectivity index (χ1) is 8.18. The largest absolute Gasteiger partial charge is 0.481 e. The second-order valence-electron chi connectivity index (χ2n) is 4.64. The molecule has 5 heteroatoms. The topological polar surface area (TPSA) is 78.4 Å². The van der Waals surface area contributed by atoms with Crippen LogP contribution in [0.2, 0.25) is 0 Å². The molecule has 0 aromatic rings. The first kappa shape index (κ1) is 13.8. The fourth-order valence-corrected chi connectivity index (χ4v) is 2.13. The Labute approximate surface area is 102 Å². The van der Waals surface area contributed by atoms with Gasteiger partial charge < -0.3 is 15.7 Å². The van der Waals surface area contributed by atoms with Gasteiger partial charge in [0.15, 0.2) is 0 Å². The maximum atomic E-state index is 11.4. The Morgan fingerprint density at radius 1 is 1.12 bits per heavy atom. The van der Waals surface area contributed by atoms with Gasteiger partial charge in [-0.15, -0.1) is 0 Å². The molecule has 1 rings (SSSR count). The molecule has 0 heterocycles. The molecule has 0 aromatic heterocycles. The number of urea groups is 1. The Morgan fingerprint density at radius 3 is 2.47 bits per heavy atom. The van der Waals surface area contributed by atoms with E-state index >= 15 is 0 Å². The van der Waals surface area contributed by atoms with E-state index in [2.05, 4.69) is 10.6 Å². The van der Waals surface area contributed by atoms with Crippen LogP contribution in [0.5, 0.6) is 0 Å². The van der Waals surface area contributed by atoms with E-state index in [9.17, 15) is 9.59 Å². The van der Waals surface area contributed by atoms with Crippen LogP contribution in [-0.4, -0.2) is 30.2 Å². The molecule has 1 saturated carbocycles. The van der Waals surface area contributed by atoms with Gasteiger partial charge in [-0.1, -0.05) is 19.3 Å². The number of hydrogen-bond acceptors (Lipinski definition) is 2. The van der Waals surface area contributed by atoms with E-state index < -0.39 is 5.97 Å². The summed E-state index contributed by atoms with van der Waals surface area (Å²) in [6.07, 6.45) is 6.85. The van der Waals surface area contributed by atoms with Gasteiger partial charge in [0, 0.05) is 19.5 Å². The van der Waals surface area contributed by atoms with Crippen LogP contribution in [-0.2, 0) is 4.79 Å². The summed E-state index contributed by atoms with van der Waals surface area (Å²) < 4.78 is 0. The molecule has 5 nitrogen and oxygen atoms in total. The van der Waals surface area contributed by atoms with Crippen LogP contribution in [0.15, 0.2) is 0 Å². The molecular weight excluding hydrogens is 220 g/mol. The molecule has 0 saturated heterocycles. The van der Waals surface area contributed by atoms with Gasteiger partial charge in [-0.2, -0.15) is 0 Å². The first-order valence-corrected chi connectivity index (χ1v) is 6.42. The van der Waals surface area contributed by atoms with Crippen molar-refractivity contribution in [3.8, 4) is 0 Å². The minimum atomic E-state index is -0.825. The lowest BCUT2D eigenvalue weighted by molar-refractivity contribution is -0.137. The summed E-state index contributed by atoms with van der Waals surface area (Å²) in [5, 5.41) is 13.9. The van der Waals surface area contributed by atoms with Crippen molar-refractivity contribution < 1.29 is 14.7 Å². The third-order valence-corrected chi connectivity index (χ3v) is 3.13. The van der Waals surface area contributed by atoms with E-state index in [0.29, 0.717) is 18.9 Å². The van der Waals surface area contributed by atoms with Crippen molar-refractivity contribution in [1.82, 2.24) is 10.6 Å². The normalized spacial score (nSPS) is 16.5. The molecule has 3 N–H and O–H groups in total. The van der Waals surface area contributed by atoms with Crippen molar-refractivity contribution in [2.24, 2.45) is 5.92 Å². The van der Waals surface area contributed by atoms with Gasteiger partial charge in [0.1, 0.15) is 0 Å². The highest BCUT2D eigenvalue weighted by Gasteiger charge is 2.13. The zero-order valence-electron chi connectivity index (χ0n) is 10.2. The van der Waals surface area contributed by atoms with Gasteiger partial charge >= 0.3 is 12.0 Å².